The third-order valence-corrected chi connectivity index (χ3v) is 6.31. The number of likely N-dealkylation sites (tertiary alicyclic amines) is 1. The average Bonchev–Trinajstić information content (AvgIpc) is 3.58. The summed E-state index contributed by atoms with van der Waals surface area (Å²) >= 11 is 0. The molecule has 32 heavy (non-hydrogen) atoms. The molecule has 9 nitrogen and oxygen atoms in total. The third kappa shape index (κ3) is 3.04. The Balaban J connectivity index is 1.26. The average molecular weight is 434 g/mol. The number of fused-ring (bicyclic) bond motifs is 3. The van der Waals surface area contributed by atoms with Gasteiger partial charge in [0, 0.05) is 38.3 Å². The summed E-state index contributed by atoms with van der Waals surface area (Å²) in [7, 11) is 0. The number of aromatic nitrogens is 3. The van der Waals surface area contributed by atoms with Crippen molar-refractivity contribution in [2.45, 2.75) is 25.2 Å². The molecule has 2 fully saturated rings. The fourth-order valence-corrected chi connectivity index (χ4v) is 4.66. The molecule has 164 valence electrons. The minimum Gasteiger partial charge on any atom is -0.454 e. The summed E-state index contributed by atoms with van der Waals surface area (Å²) in [4.78, 5) is 32.2. The van der Waals surface area contributed by atoms with E-state index in [2.05, 4.69) is 4.98 Å². The van der Waals surface area contributed by atoms with Crippen LogP contribution in [0, 0.1) is 0 Å². The molecule has 0 aliphatic carbocycles. The second-order valence-electron chi connectivity index (χ2n) is 8.17. The molecule has 2 aliphatic heterocycles. The number of rotatable bonds is 3. The number of carbonyl (C=O) groups is 1. The summed E-state index contributed by atoms with van der Waals surface area (Å²) < 4.78 is 20.7. The maximum Gasteiger partial charge on any atom is 0.289 e. The molecule has 1 spiro atoms. The van der Waals surface area contributed by atoms with Crippen LogP contribution in [0.3, 0.4) is 0 Å². The molecular formula is C23H22N4O5. The lowest BCUT2D eigenvalue weighted by molar-refractivity contribution is -0.181. The first-order valence-electron chi connectivity index (χ1n) is 10.7. The number of ether oxygens (including phenoxy) is 2. The first-order valence-corrected chi connectivity index (χ1v) is 10.7. The van der Waals surface area contributed by atoms with E-state index >= 15 is 0 Å². The molecule has 0 atom stereocenters. The normalized spacial score (nSPS) is 18.2. The number of furan rings is 1. The van der Waals surface area contributed by atoms with E-state index in [0.717, 1.165) is 5.52 Å². The van der Waals surface area contributed by atoms with Gasteiger partial charge in [0.2, 0.25) is 0 Å². The number of carbonyl (C=O) groups excluding carboxylic acids is 1. The van der Waals surface area contributed by atoms with Crippen molar-refractivity contribution in [3.8, 4) is 0 Å². The molecule has 9 heteroatoms. The van der Waals surface area contributed by atoms with Gasteiger partial charge in [0.15, 0.2) is 17.2 Å². The molecule has 0 radical (unpaired) electrons. The van der Waals surface area contributed by atoms with Gasteiger partial charge in [0.05, 0.1) is 25.3 Å². The molecule has 1 amide bonds. The Labute approximate surface area is 182 Å². The van der Waals surface area contributed by atoms with Gasteiger partial charge in [0.1, 0.15) is 11.3 Å². The zero-order valence-corrected chi connectivity index (χ0v) is 17.4. The highest BCUT2D eigenvalue weighted by Crippen LogP contribution is 2.31. The van der Waals surface area contributed by atoms with Gasteiger partial charge >= 0.3 is 0 Å². The van der Waals surface area contributed by atoms with Crippen molar-refractivity contribution in [1.29, 1.82) is 0 Å². The third-order valence-electron chi connectivity index (χ3n) is 6.31. The van der Waals surface area contributed by atoms with Gasteiger partial charge in [-0.15, -0.1) is 0 Å². The zero-order valence-electron chi connectivity index (χ0n) is 17.4. The van der Waals surface area contributed by atoms with Crippen molar-refractivity contribution in [1.82, 2.24) is 18.9 Å². The Morgan fingerprint density at radius 1 is 1.03 bits per heavy atom. The van der Waals surface area contributed by atoms with E-state index in [4.69, 9.17) is 13.9 Å². The van der Waals surface area contributed by atoms with E-state index in [1.54, 1.807) is 33.9 Å². The van der Waals surface area contributed by atoms with E-state index in [1.165, 1.54) is 0 Å². The summed E-state index contributed by atoms with van der Waals surface area (Å²) in [5.74, 6) is 0.0895. The van der Waals surface area contributed by atoms with Crippen LogP contribution in [0.25, 0.3) is 16.7 Å². The van der Waals surface area contributed by atoms with Crippen molar-refractivity contribution < 1.29 is 18.7 Å². The van der Waals surface area contributed by atoms with Crippen LogP contribution in [-0.2, 0) is 16.0 Å². The molecule has 0 unspecified atom stereocenters. The van der Waals surface area contributed by atoms with E-state index in [9.17, 15) is 9.59 Å². The molecule has 6 heterocycles. The smallest absolute Gasteiger partial charge is 0.289 e. The molecule has 0 saturated carbocycles. The van der Waals surface area contributed by atoms with E-state index in [1.807, 2.05) is 28.8 Å². The lowest BCUT2D eigenvalue weighted by Crippen LogP contribution is -2.47. The van der Waals surface area contributed by atoms with E-state index < -0.39 is 5.79 Å². The number of amides is 1. The number of hydrogen-bond acceptors (Lipinski definition) is 6. The first kappa shape index (κ1) is 19.3. The van der Waals surface area contributed by atoms with Gasteiger partial charge in [-0.2, -0.15) is 0 Å². The summed E-state index contributed by atoms with van der Waals surface area (Å²) in [5, 5.41) is 0. The minimum atomic E-state index is -0.530. The molecule has 0 aromatic carbocycles. The Morgan fingerprint density at radius 3 is 2.62 bits per heavy atom. The number of pyridine rings is 1. The van der Waals surface area contributed by atoms with Crippen LogP contribution >= 0.6 is 0 Å². The second-order valence-corrected chi connectivity index (χ2v) is 8.17. The molecule has 2 aliphatic rings. The summed E-state index contributed by atoms with van der Waals surface area (Å²) in [6.07, 6.45) is 4.80. The maximum atomic E-state index is 13.1. The van der Waals surface area contributed by atoms with Gasteiger partial charge < -0.3 is 23.2 Å². The largest absolute Gasteiger partial charge is 0.454 e. The van der Waals surface area contributed by atoms with Crippen LogP contribution in [0.2, 0.25) is 0 Å². The Morgan fingerprint density at radius 2 is 1.81 bits per heavy atom. The van der Waals surface area contributed by atoms with Gasteiger partial charge in [0.25, 0.3) is 11.5 Å². The van der Waals surface area contributed by atoms with Crippen LogP contribution in [-0.4, -0.2) is 56.8 Å². The predicted octanol–water partition coefficient (Wildman–Crippen LogP) is 2.27. The molecule has 4 aromatic rings. The second kappa shape index (κ2) is 7.32. The standard InChI is InChI=1S/C23H22N4O5/c28-21-18-4-2-10-26(18)17-3-1-9-24-20(17)27(21)15-16-5-6-19(32-16)22(29)25-11-7-23(8-12-25)30-13-14-31-23/h1-6,9-10H,7-8,11-15H2. The van der Waals surface area contributed by atoms with Crippen molar-refractivity contribution in [3.63, 3.8) is 0 Å². The lowest BCUT2D eigenvalue weighted by atomic mass is 10.0. The lowest BCUT2D eigenvalue weighted by Gasteiger charge is -2.37. The van der Waals surface area contributed by atoms with Gasteiger partial charge in [-0.05, 0) is 36.4 Å². The van der Waals surface area contributed by atoms with E-state index in [-0.39, 0.29) is 23.8 Å². The van der Waals surface area contributed by atoms with Crippen LogP contribution in [0.15, 0.2) is 58.0 Å². The number of nitrogens with zero attached hydrogens (tertiary/aromatic N) is 4. The highest BCUT2D eigenvalue weighted by Gasteiger charge is 2.41. The molecule has 2 saturated heterocycles. The van der Waals surface area contributed by atoms with Gasteiger partial charge in [-0.3, -0.25) is 14.2 Å². The van der Waals surface area contributed by atoms with Crippen molar-refractivity contribution in [2.24, 2.45) is 0 Å². The maximum absolute atomic E-state index is 13.1. The fourth-order valence-electron chi connectivity index (χ4n) is 4.66. The van der Waals surface area contributed by atoms with Crippen LogP contribution in [0.4, 0.5) is 0 Å². The van der Waals surface area contributed by atoms with Crippen LogP contribution < -0.4 is 5.56 Å². The van der Waals surface area contributed by atoms with Crippen molar-refractivity contribution in [2.75, 3.05) is 26.3 Å². The zero-order chi connectivity index (χ0) is 21.7. The molecule has 6 rings (SSSR count). The van der Waals surface area contributed by atoms with Crippen molar-refractivity contribution in [3.05, 3.63) is 70.7 Å². The monoisotopic (exact) mass is 434 g/mol. The Hall–Kier alpha value is -3.43. The van der Waals surface area contributed by atoms with Crippen molar-refractivity contribution >= 4 is 22.6 Å². The van der Waals surface area contributed by atoms with Crippen LogP contribution in [0.1, 0.15) is 29.2 Å². The van der Waals surface area contributed by atoms with E-state index in [0.29, 0.717) is 56.1 Å². The Bertz CT molecular complexity index is 1370. The number of hydrogen-bond donors (Lipinski definition) is 0. The SMILES string of the molecule is O=C(c1ccc(Cn2c(=O)c3cccn3c3cccnc32)o1)N1CCC2(CC1)OCCO2. The van der Waals surface area contributed by atoms with Gasteiger partial charge in [-0.25, -0.2) is 4.98 Å². The summed E-state index contributed by atoms with van der Waals surface area (Å²) in [6, 6.07) is 10.8. The van der Waals surface area contributed by atoms with Crippen LogP contribution in [0.5, 0.6) is 0 Å². The Kier molecular flexibility index (Phi) is 4.41. The highest BCUT2D eigenvalue weighted by molar-refractivity contribution is 5.91. The predicted molar refractivity (Wildman–Crippen MR) is 115 cm³/mol. The molecular weight excluding hydrogens is 412 g/mol. The minimum absolute atomic E-state index is 0.164. The topological polar surface area (TPSA) is 91.2 Å². The van der Waals surface area contributed by atoms with Gasteiger partial charge in [-0.1, -0.05) is 0 Å². The molecule has 4 aromatic heterocycles. The quantitative estimate of drug-likeness (QED) is 0.491. The molecule has 0 N–H and O–H groups in total. The first-order chi connectivity index (χ1) is 15.6. The summed E-state index contributed by atoms with van der Waals surface area (Å²) in [5.41, 5.74) is 1.78. The summed E-state index contributed by atoms with van der Waals surface area (Å²) in [6.45, 7) is 2.49. The fraction of sp³-hybridized carbons (Fsp3) is 0.348. The highest BCUT2D eigenvalue weighted by atomic mass is 16.7. The molecule has 0 bridgehead atoms. The number of piperidine rings is 1.